The van der Waals surface area contributed by atoms with Gasteiger partial charge in [-0.25, -0.2) is 0 Å². The molecule has 1 atom stereocenters. The highest BCUT2D eigenvalue weighted by Gasteiger charge is 2.39. The average Bonchev–Trinajstić information content (AvgIpc) is 2.17. The number of Topliss-reactive ketones (excluding diaryl/α,β-unsaturated/α-hetero) is 1. The largest absolute Gasteiger partial charge is 0.414 e. The summed E-state index contributed by atoms with van der Waals surface area (Å²) in [5.41, 5.74) is 0.641. The van der Waals surface area contributed by atoms with Crippen molar-refractivity contribution in [3.63, 3.8) is 0 Å². The molecule has 0 aliphatic rings. The second kappa shape index (κ2) is 5.12. The van der Waals surface area contributed by atoms with Gasteiger partial charge in [-0.2, -0.15) is 13.2 Å². The molecule has 16 heavy (non-hydrogen) atoms. The molecule has 0 fully saturated rings. The van der Waals surface area contributed by atoms with Gasteiger partial charge in [0.25, 0.3) is 0 Å². The Morgan fingerprint density at radius 2 is 1.81 bits per heavy atom. The van der Waals surface area contributed by atoms with Crippen molar-refractivity contribution in [2.24, 2.45) is 0 Å². The van der Waals surface area contributed by atoms with E-state index >= 15 is 0 Å². The van der Waals surface area contributed by atoms with E-state index in [4.69, 9.17) is 5.11 Å². The maximum atomic E-state index is 11.9. The number of alkyl halides is 3. The maximum Gasteiger partial charge on any atom is 0.414 e. The molecule has 0 bridgehead atoms. The molecule has 1 rings (SSSR count). The normalized spacial score (nSPS) is 13.5. The summed E-state index contributed by atoms with van der Waals surface area (Å²) in [7, 11) is 0. The highest BCUT2D eigenvalue weighted by Crippen LogP contribution is 2.22. The minimum Gasteiger partial charge on any atom is -0.383 e. The van der Waals surface area contributed by atoms with Crippen LogP contribution in [0.25, 0.3) is 0 Å². The van der Waals surface area contributed by atoms with Gasteiger partial charge in [-0.15, -0.1) is 0 Å². The Bertz CT molecular complexity index is 346. The molecule has 1 aromatic carbocycles. The number of hydrogen-bond donors (Lipinski definition) is 1. The Balaban J connectivity index is 2.49. The molecule has 0 heterocycles. The Labute approximate surface area is 90.7 Å². The zero-order chi connectivity index (χ0) is 12.2. The van der Waals surface area contributed by atoms with E-state index in [0.29, 0.717) is 5.56 Å². The number of aliphatic hydroxyl groups excluding tert-OH is 1. The van der Waals surface area contributed by atoms with E-state index in [0.717, 1.165) is 0 Å². The van der Waals surface area contributed by atoms with Gasteiger partial charge in [-0.1, -0.05) is 30.3 Å². The second-order valence-electron chi connectivity index (χ2n) is 3.46. The second-order valence-corrected chi connectivity index (χ2v) is 3.46. The van der Waals surface area contributed by atoms with Gasteiger partial charge in [-0.3, -0.25) is 4.79 Å². The zero-order valence-corrected chi connectivity index (χ0v) is 8.37. The monoisotopic (exact) mass is 232 g/mol. The van der Waals surface area contributed by atoms with Gasteiger partial charge in [-0.05, 0) is 5.56 Å². The van der Waals surface area contributed by atoms with Crippen molar-refractivity contribution in [1.82, 2.24) is 0 Å². The van der Waals surface area contributed by atoms with Crippen molar-refractivity contribution in [2.45, 2.75) is 25.1 Å². The fraction of sp³-hybridized carbons (Fsp3) is 0.364. The number of ketones is 1. The minimum atomic E-state index is -4.73. The molecule has 1 unspecified atom stereocenters. The quantitative estimate of drug-likeness (QED) is 0.863. The molecule has 5 heteroatoms. The van der Waals surface area contributed by atoms with Gasteiger partial charge in [0.15, 0.2) is 6.10 Å². The van der Waals surface area contributed by atoms with Crippen LogP contribution in [-0.4, -0.2) is 23.2 Å². The number of halogens is 3. The summed E-state index contributed by atoms with van der Waals surface area (Å²) in [4.78, 5) is 11.2. The van der Waals surface area contributed by atoms with Crippen LogP contribution in [-0.2, 0) is 11.2 Å². The molecule has 0 saturated carbocycles. The topological polar surface area (TPSA) is 37.3 Å². The van der Waals surface area contributed by atoms with Crippen LogP contribution in [0.15, 0.2) is 30.3 Å². The highest BCUT2D eigenvalue weighted by molar-refractivity contribution is 5.81. The molecule has 0 spiro atoms. The van der Waals surface area contributed by atoms with Crippen molar-refractivity contribution in [3.05, 3.63) is 35.9 Å². The molecule has 88 valence electrons. The molecular formula is C11H11F3O2. The first-order valence-corrected chi connectivity index (χ1v) is 4.70. The molecule has 0 aliphatic heterocycles. The van der Waals surface area contributed by atoms with Crippen LogP contribution in [0.4, 0.5) is 13.2 Å². The van der Waals surface area contributed by atoms with Crippen LogP contribution in [0.5, 0.6) is 0 Å². The Morgan fingerprint density at radius 3 is 2.31 bits per heavy atom. The van der Waals surface area contributed by atoms with E-state index in [1.165, 1.54) is 0 Å². The third kappa shape index (κ3) is 4.02. The first-order chi connectivity index (χ1) is 7.39. The third-order valence-corrected chi connectivity index (χ3v) is 2.04. The van der Waals surface area contributed by atoms with E-state index in [2.05, 4.69) is 0 Å². The van der Waals surface area contributed by atoms with Gasteiger partial charge in [0.1, 0.15) is 5.78 Å². The van der Waals surface area contributed by atoms with Crippen molar-refractivity contribution < 1.29 is 23.1 Å². The van der Waals surface area contributed by atoms with E-state index in [9.17, 15) is 18.0 Å². The van der Waals surface area contributed by atoms with Gasteiger partial charge in [0, 0.05) is 12.8 Å². The molecule has 0 aromatic heterocycles. The fourth-order valence-electron chi connectivity index (χ4n) is 1.23. The van der Waals surface area contributed by atoms with Crippen LogP contribution in [0.1, 0.15) is 12.0 Å². The predicted molar refractivity (Wildman–Crippen MR) is 51.8 cm³/mol. The molecule has 0 amide bonds. The van der Waals surface area contributed by atoms with Crippen molar-refractivity contribution in [1.29, 1.82) is 0 Å². The molecular weight excluding hydrogens is 221 g/mol. The standard InChI is InChI=1S/C11H11F3O2/c12-11(13,14)10(16)7-9(15)6-8-4-2-1-3-5-8/h1-5,10,16H,6-7H2. The zero-order valence-electron chi connectivity index (χ0n) is 8.37. The number of rotatable bonds is 4. The Morgan fingerprint density at radius 1 is 1.25 bits per heavy atom. The fourth-order valence-corrected chi connectivity index (χ4v) is 1.23. The lowest BCUT2D eigenvalue weighted by Gasteiger charge is -2.13. The Hall–Kier alpha value is -1.36. The SMILES string of the molecule is O=C(Cc1ccccc1)CC(O)C(F)(F)F. The van der Waals surface area contributed by atoms with Gasteiger partial charge >= 0.3 is 6.18 Å². The average molecular weight is 232 g/mol. The number of carbonyl (C=O) groups is 1. The number of benzene rings is 1. The molecule has 0 saturated heterocycles. The number of aliphatic hydroxyl groups is 1. The summed E-state index contributed by atoms with van der Waals surface area (Å²) in [6.45, 7) is 0. The Kier molecular flexibility index (Phi) is 4.06. The van der Waals surface area contributed by atoms with E-state index in [1.807, 2.05) is 0 Å². The molecule has 2 nitrogen and oxygen atoms in total. The predicted octanol–water partition coefficient (Wildman–Crippen LogP) is 2.11. The van der Waals surface area contributed by atoms with Crippen LogP contribution in [0.2, 0.25) is 0 Å². The first-order valence-electron chi connectivity index (χ1n) is 4.70. The van der Waals surface area contributed by atoms with Crippen molar-refractivity contribution in [3.8, 4) is 0 Å². The van der Waals surface area contributed by atoms with E-state index in [1.54, 1.807) is 30.3 Å². The summed E-state index contributed by atoms with van der Waals surface area (Å²) < 4.78 is 35.8. The van der Waals surface area contributed by atoms with E-state index < -0.39 is 24.5 Å². The van der Waals surface area contributed by atoms with E-state index in [-0.39, 0.29) is 6.42 Å². The van der Waals surface area contributed by atoms with Crippen LogP contribution >= 0.6 is 0 Å². The van der Waals surface area contributed by atoms with Crippen LogP contribution in [0, 0.1) is 0 Å². The smallest absolute Gasteiger partial charge is 0.383 e. The molecule has 1 N–H and O–H groups in total. The number of carbonyl (C=O) groups excluding carboxylic acids is 1. The van der Waals surface area contributed by atoms with Crippen molar-refractivity contribution >= 4 is 5.78 Å². The summed E-state index contributed by atoms with van der Waals surface area (Å²) in [6, 6.07) is 8.44. The number of hydrogen-bond acceptors (Lipinski definition) is 2. The molecule has 1 aromatic rings. The highest BCUT2D eigenvalue weighted by atomic mass is 19.4. The first kappa shape index (κ1) is 12.7. The van der Waals surface area contributed by atoms with Crippen molar-refractivity contribution in [2.75, 3.05) is 0 Å². The lowest BCUT2D eigenvalue weighted by molar-refractivity contribution is -0.205. The summed E-state index contributed by atoms with van der Waals surface area (Å²) >= 11 is 0. The van der Waals surface area contributed by atoms with Gasteiger partial charge in [0.05, 0.1) is 0 Å². The molecule has 0 aliphatic carbocycles. The summed E-state index contributed by atoms with van der Waals surface area (Å²) in [5.74, 6) is -0.629. The minimum absolute atomic E-state index is 0.0893. The van der Waals surface area contributed by atoms with Crippen LogP contribution in [0.3, 0.4) is 0 Å². The summed E-state index contributed by atoms with van der Waals surface area (Å²) in [5, 5.41) is 8.69. The molecule has 0 radical (unpaired) electrons. The lowest BCUT2D eigenvalue weighted by Crippen LogP contribution is -2.31. The maximum absolute atomic E-state index is 11.9. The summed E-state index contributed by atoms with van der Waals surface area (Å²) in [6.07, 6.45) is -8.28. The third-order valence-electron chi connectivity index (χ3n) is 2.04. The van der Waals surface area contributed by atoms with Gasteiger partial charge < -0.3 is 5.11 Å². The van der Waals surface area contributed by atoms with Gasteiger partial charge in [0.2, 0.25) is 0 Å². The lowest BCUT2D eigenvalue weighted by atomic mass is 10.0. The van der Waals surface area contributed by atoms with Crippen LogP contribution < -0.4 is 0 Å².